The number of amides is 1. The van der Waals surface area contributed by atoms with Gasteiger partial charge in [-0.15, -0.1) is 0 Å². The number of carboxylic acids is 1. The molecule has 0 bridgehead atoms. The maximum absolute atomic E-state index is 12.9. The molecular weight excluding hydrogens is 425 g/mol. The average molecular weight is 440 g/mol. The van der Waals surface area contributed by atoms with E-state index >= 15 is 0 Å². The Morgan fingerprint density at radius 1 is 1.10 bits per heavy atom. The molecule has 0 aromatic heterocycles. The van der Waals surface area contributed by atoms with Crippen molar-refractivity contribution in [2.45, 2.75) is 0 Å². The van der Waals surface area contributed by atoms with E-state index in [2.05, 4.69) is 5.32 Å². The van der Waals surface area contributed by atoms with E-state index in [0.29, 0.717) is 32.0 Å². The number of nitro benzene ring substituents is 1. The quantitative estimate of drug-likeness (QED) is 0.537. The van der Waals surface area contributed by atoms with Crippen molar-refractivity contribution in [2.75, 3.05) is 36.5 Å². The van der Waals surface area contributed by atoms with Gasteiger partial charge in [-0.1, -0.05) is 23.2 Å². The predicted octanol–water partition coefficient (Wildman–Crippen LogP) is 3.69. The second kappa shape index (κ2) is 8.64. The van der Waals surface area contributed by atoms with Crippen LogP contribution in [0.5, 0.6) is 0 Å². The number of nitro groups is 1. The minimum absolute atomic E-state index is 0.0258. The molecule has 0 unspecified atom stereocenters. The van der Waals surface area contributed by atoms with Crippen LogP contribution in [0, 0.1) is 10.1 Å². The van der Waals surface area contributed by atoms with Crippen LogP contribution in [0.3, 0.4) is 0 Å². The summed E-state index contributed by atoms with van der Waals surface area (Å²) in [4.78, 5) is 36.7. The average Bonchev–Trinajstić information content (AvgIpc) is 2.69. The first kappa shape index (κ1) is 20.8. The molecule has 0 radical (unpaired) electrons. The number of carbonyl (C=O) groups is 2. The topological polar surface area (TPSA) is 122 Å². The van der Waals surface area contributed by atoms with E-state index in [1.165, 1.54) is 24.3 Å². The maximum Gasteiger partial charge on any atom is 0.337 e. The molecule has 1 saturated heterocycles. The van der Waals surface area contributed by atoms with Gasteiger partial charge in [0.1, 0.15) is 0 Å². The van der Waals surface area contributed by atoms with Crippen molar-refractivity contribution in [1.82, 2.24) is 0 Å². The fourth-order valence-corrected chi connectivity index (χ4v) is 3.41. The van der Waals surface area contributed by atoms with Gasteiger partial charge in [0.05, 0.1) is 50.7 Å². The molecule has 1 heterocycles. The normalized spacial score (nSPS) is 13.8. The third-order valence-corrected chi connectivity index (χ3v) is 4.95. The lowest BCUT2D eigenvalue weighted by Crippen LogP contribution is -2.37. The monoisotopic (exact) mass is 439 g/mol. The molecule has 0 saturated carbocycles. The van der Waals surface area contributed by atoms with Crippen LogP contribution in [0.25, 0.3) is 0 Å². The summed E-state index contributed by atoms with van der Waals surface area (Å²) in [5.41, 5.74) is 0.0984. The first-order valence-electron chi connectivity index (χ1n) is 8.42. The molecule has 9 nitrogen and oxygen atoms in total. The fraction of sp³-hybridized carbons (Fsp3) is 0.222. The van der Waals surface area contributed by atoms with Gasteiger partial charge in [0.25, 0.3) is 11.6 Å². The number of non-ortho nitro benzene ring substituents is 1. The Morgan fingerprint density at radius 3 is 2.41 bits per heavy atom. The zero-order chi connectivity index (χ0) is 21.1. The van der Waals surface area contributed by atoms with Crippen LogP contribution in [0.1, 0.15) is 20.7 Å². The van der Waals surface area contributed by atoms with E-state index in [0.717, 1.165) is 6.07 Å². The smallest absolute Gasteiger partial charge is 0.337 e. The molecule has 11 heteroatoms. The highest BCUT2D eigenvalue weighted by Crippen LogP contribution is 2.32. The molecule has 0 aliphatic carbocycles. The third-order valence-electron chi connectivity index (χ3n) is 4.32. The van der Waals surface area contributed by atoms with Gasteiger partial charge in [-0.25, -0.2) is 4.79 Å². The van der Waals surface area contributed by atoms with Crippen LogP contribution in [-0.2, 0) is 4.74 Å². The number of anilines is 2. The first-order chi connectivity index (χ1) is 13.8. The molecule has 1 aliphatic rings. The van der Waals surface area contributed by atoms with Crippen molar-refractivity contribution in [1.29, 1.82) is 0 Å². The predicted molar refractivity (Wildman–Crippen MR) is 108 cm³/mol. The molecule has 152 valence electrons. The lowest BCUT2D eigenvalue weighted by Gasteiger charge is -2.30. The van der Waals surface area contributed by atoms with Crippen molar-refractivity contribution < 1.29 is 24.4 Å². The Hall–Kier alpha value is -2.88. The molecule has 2 aromatic carbocycles. The van der Waals surface area contributed by atoms with Crippen LogP contribution in [0.15, 0.2) is 30.3 Å². The van der Waals surface area contributed by atoms with Gasteiger partial charge in [0.2, 0.25) is 0 Å². The summed E-state index contributed by atoms with van der Waals surface area (Å²) in [5.74, 6) is -1.96. The van der Waals surface area contributed by atoms with E-state index in [9.17, 15) is 24.8 Å². The number of ether oxygens (including phenoxy) is 1. The lowest BCUT2D eigenvalue weighted by atomic mass is 10.1. The highest BCUT2D eigenvalue weighted by atomic mass is 35.5. The second-order valence-corrected chi connectivity index (χ2v) is 6.94. The number of morpholine rings is 1. The zero-order valence-corrected chi connectivity index (χ0v) is 16.4. The number of benzene rings is 2. The first-order valence-corrected chi connectivity index (χ1v) is 9.18. The highest BCUT2D eigenvalue weighted by Gasteiger charge is 2.23. The van der Waals surface area contributed by atoms with E-state index < -0.39 is 16.8 Å². The van der Waals surface area contributed by atoms with Crippen molar-refractivity contribution in [3.8, 4) is 0 Å². The Labute approximate surface area is 174 Å². The summed E-state index contributed by atoms with van der Waals surface area (Å²) in [5, 5.41) is 22.9. The zero-order valence-electron chi connectivity index (χ0n) is 14.9. The number of nitrogens with one attached hydrogen (secondary N) is 1. The number of hydrogen-bond acceptors (Lipinski definition) is 6. The van der Waals surface area contributed by atoms with Gasteiger partial charge >= 0.3 is 5.97 Å². The summed E-state index contributed by atoms with van der Waals surface area (Å²) in [6, 6.07) is 6.33. The summed E-state index contributed by atoms with van der Waals surface area (Å²) in [7, 11) is 0. The number of hydrogen-bond donors (Lipinski definition) is 2. The molecule has 0 spiro atoms. The lowest BCUT2D eigenvalue weighted by molar-refractivity contribution is -0.384. The van der Waals surface area contributed by atoms with E-state index in [1.54, 1.807) is 0 Å². The summed E-state index contributed by atoms with van der Waals surface area (Å²) in [6.45, 7) is 1.96. The standard InChI is InChI=1S/C18H15Cl2N3O6/c19-13-9-14(20)15(8-11(13)18(25)26)21-17(24)12-7-10(23(27)28)1-2-16(12)22-3-5-29-6-4-22/h1-2,7-9H,3-6H2,(H,21,24)(H,25,26). The van der Waals surface area contributed by atoms with Crippen LogP contribution < -0.4 is 10.2 Å². The molecule has 1 fully saturated rings. The summed E-state index contributed by atoms with van der Waals surface area (Å²) in [6.07, 6.45) is 0. The van der Waals surface area contributed by atoms with Crippen LogP contribution in [0.4, 0.5) is 17.1 Å². The van der Waals surface area contributed by atoms with Crippen molar-refractivity contribution in [2.24, 2.45) is 0 Å². The molecule has 1 aliphatic heterocycles. The van der Waals surface area contributed by atoms with Gasteiger partial charge in [-0.2, -0.15) is 0 Å². The minimum atomic E-state index is -1.29. The van der Waals surface area contributed by atoms with Crippen LogP contribution in [-0.4, -0.2) is 48.2 Å². The maximum atomic E-state index is 12.9. The fourth-order valence-electron chi connectivity index (χ4n) is 2.90. The highest BCUT2D eigenvalue weighted by molar-refractivity contribution is 6.38. The number of rotatable bonds is 5. The summed E-state index contributed by atoms with van der Waals surface area (Å²) < 4.78 is 5.31. The van der Waals surface area contributed by atoms with Gasteiger partial charge in [-0.3, -0.25) is 14.9 Å². The summed E-state index contributed by atoms with van der Waals surface area (Å²) >= 11 is 11.9. The Bertz CT molecular complexity index is 992. The Kier molecular flexibility index (Phi) is 6.21. The van der Waals surface area contributed by atoms with Crippen LogP contribution in [0.2, 0.25) is 10.0 Å². The number of nitrogens with zero attached hydrogens (tertiary/aromatic N) is 2. The second-order valence-electron chi connectivity index (χ2n) is 6.13. The van der Waals surface area contributed by atoms with E-state index in [1.807, 2.05) is 4.90 Å². The van der Waals surface area contributed by atoms with E-state index in [-0.39, 0.29) is 32.5 Å². The van der Waals surface area contributed by atoms with Gasteiger partial charge in [0, 0.05) is 25.2 Å². The number of carboxylic acid groups (broad SMARTS) is 1. The van der Waals surface area contributed by atoms with Crippen LogP contribution >= 0.6 is 23.2 Å². The van der Waals surface area contributed by atoms with Gasteiger partial charge < -0.3 is 20.1 Å². The number of aromatic carboxylic acids is 1. The van der Waals surface area contributed by atoms with Crippen molar-refractivity contribution in [3.05, 3.63) is 61.6 Å². The van der Waals surface area contributed by atoms with Gasteiger partial charge in [0.15, 0.2) is 0 Å². The van der Waals surface area contributed by atoms with Crippen molar-refractivity contribution >= 4 is 52.1 Å². The molecule has 2 aromatic rings. The van der Waals surface area contributed by atoms with E-state index in [4.69, 9.17) is 27.9 Å². The molecule has 2 N–H and O–H groups in total. The minimum Gasteiger partial charge on any atom is -0.478 e. The SMILES string of the molecule is O=C(O)c1cc(NC(=O)c2cc([N+](=O)[O-])ccc2N2CCOCC2)c(Cl)cc1Cl. The Balaban J connectivity index is 1.99. The number of carbonyl (C=O) groups excluding carboxylic acids is 1. The molecule has 1 amide bonds. The number of halogens is 2. The molecule has 29 heavy (non-hydrogen) atoms. The van der Waals surface area contributed by atoms with Gasteiger partial charge in [-0.05, 0) is 18.2 Å². The Morgan fingerprint density at radius 2 is 1.79 bits per heavy atom. The molecule has 0 atom stereocenters. The molecule has 3 rings (SSSR count). The van der Waals surface area contributed by atoms with Crippen molar-refractivity contribution in [3.63, 3.8) is 0 Å². The third kappa shape index (κ3) is 4.58. The largest absolute Gasteiger partial charge is 0.478 e. The molecular formula is C18H15Cl2N3O6.